The number of benzene rings is 1. The highest BCUT2D eigenvalue weighted by molar-refractivity contribution is 5.97. The molecule has 1 fully saturated rings. The van der Waals surface area contributed by atoms with Crippen molar-refractivity contribution < 1.29 is 14.3 Å². The molecule has 1 aromatic rings. The molecular weight excluding hydrogens is 366 g/mol. The lowest BCUT2D eigenvalue weighted by Crippen LogP contribution is -2.44. The van der Waals surface area contributed by atoms with Crippen molar-refractivity contribution in [2.75, 3.05) is 31.1 Å². The molecule has 0 aromatic heterocycles. The Labute approximate surface area is 174 Å². The number of ether oxygens (including phenoxy) is 1. The summed E-state index contributed by atoms with van der Waals surface area (Å²) in [5.74, 6) is 0.754. The minimum Gasteiger partial charge on any atom is -0.482 e. The molecular formula is C23H35N3O3. The number of hydrogen-bond acceptors (Lipinski definition) is 4. The topological polar surface area (TPSA) is 61.9 Å². The molecule has 2 amide bonds. The van der Waals surface area contributed by atoms with Crippen LogP contribution in [-0.2, 0) is 9.59 Å². The smallest absolute Gasteiger partial charge is 0.265 e. The normalized spacial score (nSPS) is 22.2. The second kappa shape index (κ2) is 10.1. The fourth-order valence-corrected chi connectivity index (χ4v) is 4.45. The van der Waals surface area contributed by atoms with E-state index in [0.717, 1.165) is 30.0 Å². The van der Waals surface area contributed by atoms with E-state index in [4.69, 9.17) is 4.74 Å². The third kappa shape index (κ3) is 5.72. The lowest BCUT2D eigenvalue weighted by molar-refractivity contribution is -0.122. The number of nitrogens with one attached hydrogen (secondary N) is 1. The molecule has 6 nitrogen and oxygen atoms in total. The molecule has 2 atom stereocenters. The van der Waals surface area contributed by atoms with Gasteiger partial charge in [0.2, 0.25) is 5.91 Å². The van der Waals surface area contributed by atoms with E-state index in [1.54, 1.807) is 4.90 Å². The summed E-state index contributed by atoms with van der Waals surface area (Å²) in [6, 6.07) is 7.14. The van der Waals surface area contributed by atoms with Gasteiger partial charge >= 0.3 is 0 Å². The first-order chi connectivity index (χ1) is 14.0. The van der Waals surface area contributed by atoms with Crippen molar-refractivity contribution in [3.63, 3.8) is 0 Å². The fraction of sp³-hybridized carbons (Fsp3) is 0.652. The molecule has 0 aliphatic carbocycles. The molecule has 0 radical (unpaired) electrons. The summed E-state index contributed by atoms with van der Waals surface area (Å²) in [6.07, 6.45) is 5.94. The van der Waals surface area contributed by atoms with E-state index in [1.807, 2.05) is 25.1 Å². The zero-order valence-electron chi connectivity index (χ0n) is 18.1. The maximum atomic E-state index is 12.3. The Kier molecular flexibility index (Phi) is 7.53. The maximum absolute atomic E-state index is 12.3. The van der Waals surface area contributed by atoms with Crippen LogP contribution in [0.1, 0.15) is 57.9 Å². The first-order valence-electron chi connectivity index (χ1n) is 11.0. The minimum atomic E-state index is -0.0479. The van der Waals surface area contributed by atoms with Crippen LogP contribution in [0, 0.1) is 6.92 Å². The SMILES string of the molecule is Cc1ccc2c(c1)N(CCCC(=O)NCCCN1[C@H](C)CCC[C@H]1C)C(=O)CO2. The minimum absolute atomic E-state index is 0.0479. The highest BCUT2D eigenvalue weighted by Crippen LogP contribution is 2.33. The van der Waals surface area contributed by atoms with Gasteiger partial charge in [-0.3, -0.25) is 14.5 Å². The molecule has 1 N–H and O–H groups in total. The Morgan fingerprint density at radius 2 is 1.93 bits per heavy atom. The summed E-state index contributed by atoms with van der Waals surface area (Å²) >= 11 is 0. The van der Waals surface area contributed by atoms with Gasteiger partial charge in [-0.2, -0.15) is 0 Å². The number of likely N-dealkylation sites (tertiary alicyclic amines) is 1. The van der Waals surface area contributed by atoms with E-state index in [9.17, 15) is 9.59 Å². The number of rotatable bonds is 8. The van der Waals surface area contributed by atoms with Crippen LogP contribution in [-0.4, -0.2) is 55.0 Å². The number of amides is 2. The molecule has 3 rings (SSSR count). The fourth-order valence-electron chi connectivity index (χ4n) is 4.45. The average Bonchev–Trinajstić information content (AvgIpc) is 2.68. The van der Waals surface area contributed by atoms with Crippen LogP contribution in [0.3, 0.4) is 0 Å². The van der Waals surface area contributed by atoms with Crippen LogP contribution in [0.25, 0.3) is 0 Å². The summed E-state index contributed by atoms with van der Waals surface area (Å²) in [5.41, 5.74) is 1.90. The summed E-state index contributed by atoms with van der Waals surface area (Å²) in [4.78, 5) is 28.8. The van der Waals surface area contributed by atoms with Crippen LogP contribution < -0.4 is 15.0 Å². The number of carbonyl (C=O) groups excluding carboxylic acids is 2. The molecule has 2 aliphatic rings. The number of piperidine rings is 1. The lowest BCUT2D eigenvalue weighted by Gasteiger charge is -2.39. The van der Waals surface area contributed by atoms with Gasteiger partial charge in [0.25, 0.3) is 5.91 Å². The Bertz CT molecular complexity index is 711. The molecule has 1 aromatic carbocycles. The van der Waals surface area contributed by atoms with Gasteiger partial charge in [0.1, 0.15) is 5.75 Å². The first-order valence-corrected chi connectivity index (χ1v) is 11.0. The van der Waals surface area contributed by atoms with Crippen molar-refractivity contribution in [1.82, 2.24) is 10.2 Å². The third-order valence-electron chi connectivity index (χ3n) is 6.13. The summed E-state index contributed by atoms with van der Waals surface area (Å²) in [6.45, 7) is 8.97. The van der Waals surface area contributed by atoms with Gasteiger partial charge in [0, 0.05) is 38.1 Å². The summed E-state index contributed by atoms with van der Waals surface area (Å²) < 4.78 is 5.50. The lowest BCUT2D eigenvalue weighted by atomic mass is 9.97. The van der Waals surface area contributed by atoms with Gasteiger partial charge in [-0.1, -0.05) is 12.5 Å². The molecule has 0 bridgehead atoms. The van der Waals surface area contributed by atoms with Crippen LogP contribution in [0.2, 0.25) is 0 Å². The zero-order chi connectivity index (χ0) is 20.8. The number of nitrogens with zero attached hydrogens (tertiary/aromatic N) is 2. The van der Waals surface area contributed by atoms with Crippen molar-refractivity contribution in [3.05, 3.63) is 23.8 Å². The van der Waals surface area contributed by atoms with E-state index in [-0.39, 0.29) is 18.4 Å². The van der Waals surface area contributed by atoms with E-state index >= 15 is 0 Å². The third-order valence-corrected chi connectivity index (χ3v) is 6.13. The Morgan fingerprint density at radius 3 is 2.69 bits per heavy atom. The Balaban J connectivity index is 1.37. The molecule has 0 saturated carbocycles. The predicted octanol–water partition coefficient (Wildman–Crippen LogP) is 3.27. The van der Waals surface area contributed by atoms with Crippen molar-refractivity contribution in [2.45, 2.75) is 71.4 Å². The quantitative estimate of drug-likeness (QED) is 0.679. The van der Waals surface area contributed by atoms with Gasteiger partial charge in [0.05, 0.1) is 5.69 Å². The van der Waals surface area contributed by atoms with Crippen molar-refractivity contribution in [2.24, 2.45) is 0 Å². The zero-order valence-corrected chi connectivity index (χ0v) is 18.1. The van der Waals surface area contributed by atoms with Gasteiger partial charge in [-0.05, 0) is 64.2 Å². The molecule has 1 saturated heterocycles. The molecule has 0 spiro atoms. The van der Waals surface area contributed by atoms with Crippen LogP contribution in [0.4, 0.5) is 5.69 Å². The average molecular weight is 402 g/mol. The Hall–Kier alpha value is -2.08. The Morgan fingerprint density at radius 1 is 1.17 bits per heavy atom. The van der Waals surface area contributed by atoms with E-state index in [2.05, 4.69) is 24.1 Å². The standard InChI is InChI=1S/C23H35N3O3/c1-17-10-11-21-20(15-17)26(23(28)16-29-21)13-5-9-22(27)24-12-6-14-25-18(2)7-4-8-19(25)3/h10-11,15,18-19H,4-9,12-14,16H2,1-3H3,(H,24,27)/t18-,19-/m1/s1. The predicted molar refractivity (Wildman–Crippen MR) is 115 cm³/mol. The number of aryl methyl sites for hydroxylation is 1. The highest BCUT2D eigenvalue weighted by atomic mass is 16.5. The largest absolute Gasteiger partial charge is 0.482 e. The number of carbonyl (C=O) groups is 2. The van der Waals surface area contributed by atoms with Crippen LogP contribution in [0.5, 0.6) is 5.75 Å². The van der Waals surface area contributed by atoms with Gasteiger partial charge in [-0.25, -0.2) is 0 Å². The first kappa shape index (κ1) is 21.6. The monoisotopic (exact) mass is 401 g/mol. The van der Waals surface area contributed by atoms with E-state index in [1.165, 1.54) is 19.3 Å². The van der Waals surface area contributed by atoms with Crippen molar-refractivity contribution in [1.29, 1.82) is 0 Å². The van der Waals surface area contributed by atoms with Gasteiger partial charge < -0.3 is 15.0 Å². The molecule has 2 heterocycles. The van der Waals surface area contributed by atoms with E-state index < -0.39 is 0 Å². The second-order valence-electron chi connectivity index (χ2n) is 8.48. The van der Waals surface area contributed by atoms with Gasteiger partial charge in [-0.15, -0.1) is 0 Å². The van der Waals surface area contributed by atoms with Crippen molar-refractivity contribution in [3.8, 4) is 5.75 Å². The summed E-state index contributed by atoms with van der Waals surface area (Å²) in [5, 5.41) is 3.04. The molecule has 6 heteroatoms. The van der Waals surface area contributed by atoms with E-state index in [0.29, 0.717) is 38.0 Å². The number of fused-ring (bicyclic) bond motifs is 1. The second-order valence-corrected chi connectivity index (χ2v) is 8.48. The summed E-state index contributed by atoms with van der Waals surface area (Å²) in [7, 11) is 0. The highest BCUT2D eigenvalue weighted by Gasteiger charge is 2.26. The van der Waals surface area contributed by atoms with Crippen LogP contribution in [0.15, 0.2) is 18.2 Å². The molecule has 0 unspecified atom stereocenters. The molecule has 29 heavy (non-hydrogen) atoms. The molecule has 2 aliphatic heterocycles. The maximum Gasteiger partial charge on any atom is 0.265 e. The van der Waals surface area contributed by atoms with Gasteiger partial charge in [0.15, 0.2) is 6.61 Å². The van der Waals surface area contributed by atoms with Crippen LogP contribution >= 0.6 is 0 Å². The van der Waals surface area contributed by atoms with Crippen molar-refractivity contribution >= 4 is 17.5 Å². The number of anilines is 1. The number of hydrogen-bond donors (Lipinski definition) is 1. The molecule has 160 valence electrons.